The van der Waals surface area contributed by atoms with Crippen LogP contribution in [0.2, 0.25) is 0 Å². The zero-order chi connectivity index (χ0) is 9.26. The van der Waals surface area contributed by atoms with Crippen molar-refractivity contribution in [2.24, 2.45) is 0 Å². The topological polar surface area (TPSA) is 52.9 Å². The lowest BCUT2D eigenvalue weighted by atomic mass is 10.1. The molecular weight excluding hydrogens is 164 g/mol. The molecule has 1 N–H and O–H groups in total. The summed E-state index contributed by atoms with van der Waals surface area (Å²) >= 11 is 0. The fraction of sp³-hybridized carbons (Fsp3) is 0. The molecule has 1 aliphatic rings. The first-order valence-corrected chi connectivity index (χ1v) is 3.83. The Morgan fingerprint density at radius 1 is 1.38 bits per heavy atom. The van der Waals surface area contributed by atoms with E-state index in [2.05, 4.69) is 5.32 Å². The summed E-state index contributed by atoms with van der Waals surface area (Å²) in [7, 11) is 0. The zero-order valence-corrected chi connectivity index (χ0v) is 6.74. The van der Waals surface area contributed by atoms with Crippen LogP contribution in [-0.2, 0) is 4.79 Å². The highest BCUT2D eigenvalue weighted by Crippen LogP contribution is 2.30. The molecule has 1 aromatic rings. The molecule has 0 radical (unpaired) electrons. The van der Waals surface area contributed by atoms with Crippen LogP contribution in [0.4, 0.5) is 5.69 Å². The van der Waals surface area contributed by atoms with Crippen LogP contribution in [0, 0.1) is 11.3 Å². The number of fused-ring (bicyclic) bond motifs is 1. The number of nitrogens with zero attached hydrogens (tertiary/aromatic N) is 1. The standard InChI is InChI=1S/C10H6N2O/c11-6-5-8-7-3-1-2-4-9(7)12-10(8)13/h1-5H,(H,12,13). The minimum absolute atomic E-state index is 0.206. The maximum atomic E-state index is 11.3. The fourth-order valence-corrected chi connectivity index (χ4v) is 1.35. The number of hydrogen-bond acceptors (Lipinski definition) is 2. The molecular formula is C10H6N2O. The Bertz CT molecular complexity index is 440. The van der Waals surface area contributed by atoms with Crippen LogP contribution in [0.5, 0.6) is 0 Å². The van der Waals surface area contributed by atoms with Gasteiger partial charge < -0.3 is 5.32 Å². The maximum absolute atomic E-state index is 11.3. The lowest BCUT2D eigenvalue weighted by Crippen LogP contribution is -2.03. The van der Waals surface area contributed by atoms with Gasteiger partial charge in [0.25, 0.3) is 5.91 Å². The number of carbonyl (C=O) groups excluding carboxylic acids is 1. The van der Waals surface area contributed by atoms with E-state index in [1.807, 2.05) is 30.3 Å². The number of nitrogens with one attached hydrogen (secondary N) is 1. The lowest BCUT2D eigenvalue weighted by Gasteiger charge is -1.93. The molecule has 0 bridgehead atoms. The fourth-order valence-electron chi connectivity index (χ4n) is 1.35. The lowest BCUT2D eigenvalue weighted by molar-refractivity contribution is -0.110. The first-order chi connectivity index (χ1) is 6.33. The average Bonchev–Trinajstić information content (AvgIpc) is 2.44. The van der Waals surface area contributed by atoms with Gasteiger partial charge in [0.15, 0.2) is 0 Å². The summed E-state index contributed by atoms with van der Waals surface area (Å²) in [5.41, 5.74) is 2.01. The predicted octanol–water partition coefficient (Wildman–Crippen LogP) is 1.55. The molecule has 1 heterocycles. The summed E-state index contributed by atoms with van der Waals surface area (Å²) in [4.78, 5) is 11.3. The number of allylic oxidation sites excluding steroid dienone is 1. The van der Waals surface area contributed by atoms with E-state index in [4.69, 9.17) is 5.26 Å². The molecule has 3 heteroatoms. The Morgan fingerprint density at radius 3 is 2.92 bits per heavy atom. The highest BCUT2D eigenvalue weighted by Gasteiger charge is 2.22. The summed E-state index contributed by atoms with van der Waals surface area (Å²) < 4.78 is 0. The number of anilines is 1. The molecule has 0 aromatic heterocycles. The smallest absolute Gasteiger partial charge is 0.257 e. The molecule has 1 aromatic carbocycles. The molecule has 0 saturated carbocycles. The van der Waals surface area contributed by atoms with Gasteiger partial charge in [0.1, 0.15) is 0 Å². The maximum Gasteiger partial charge on any atom is 0.257 e. The molecule has 0 unspecified atom stereocenters. The van der Waals surface area contributed by atoms with Crippen molar-refractivity contribution in [3.8, 4) is 6.07 Å². The normalized spacial score (nSPS) is 16.5. The molecule has 0 saturated heterocycles. The van der Waals surface area contributed by atoms with Crippen LogP contribution in [0.3, 0.4) is 0 Å². The van der Waals surface area contributed by atoms with E-state index in [0.29, 0.717) is 5.57 Å². The number of amides is 1. The number of para-hydroxylation sites is 1. The number of nitriles is 1. The van der Waals surface area contributed by atoms with Gasteiger partial charge in [0, 0.05) is 17.3 Å². The van der Waals surface area contributed by atoms with Crippen molar-refractivity contribution in [3.63, 3.8) is 0 Å². The minimum atomic E-state index is -0.206. The van der Waals surface area contributed by atoms with Gasteiger partial charge in [-0.2, -0.15) is 5.26 Å². The van der Waals surface area contributed by atoms with E-state index in [1.165, 1.54) is 6.08 Å². The Morgan fingerprint density at radius 2 is 2.15 bits per heavy atom. The number of hydrogen-bond donors (Lipinski definition) is 1. The van der Waals surface area contributed by atoms with Gasteiger partial charge in [-0.1, -0.05) is 18.2 Å². The van der Waals surface area contributed by atoms with Crippen LogP contribution in [0.15, 0.2) is 30.3 Å². The third-order valence-corrected chi connectivity index (χ3v) is 1.92. The Hall–Kier alpha value is -2.08. The summed E-state index contributed by atoms with van der Waals surface area (Å²) in [6.07, 6.45) is 1.27. The van der Waals surface area contributed by atoms with Gasteiger partial charge in [-0.15, -0.1) is 0 Å². The summed E-state index contributed by atoms with van der Waals surface area (Å²) in [5.74, 6) is -0.206. The van der Waals surface area contributed by atoms with Crippen LogP contribution in [0.1, 0.15) is 5.56 Å². The van der Waals surface area contributed by atoms with Gasteiger partial charge in [-0.05, 0) is 6.07 Å². The Labute approximate surface area is 75.3 Å². The van der Waals surface area contributed by atoms with Gasteiger partial charge in [0.05, 0.1) is 11.6 Å². The van der Waals surface area contributed by atoms with Crippen molar-refractivity contribution >= 4 is 17.2 Å². The van der Waals surface area contributed by atoms with Crippen LogP contribution < -0.4 is 5.32 Å². The molecule has 0 spiro atoms. The first-order valence-electron chi connectivity index (χ1n) is 3.83. The second-order valence-corrected chi connectivity index (χ2v) is 2.69. The van der Waals surface area contributed by atoms with Crippen LogP contribution in [-0.4, -0.2) is 5.91 Å². The third kappa shape index (κ3) is 1.09. The molecule has 1 aliphatic heterocycles. The highest BCUT2D eigenvalue weighted by atomic mass is 16.1. The van der Waals surface area contributed by atoms with E-state index in [-0.39, 0.29) is 5.91 Å². The summed E-state index contributed by atoms with van der Waals surface area (Å²) in [6, 6.07) is 9.16. The summed E-state index contributed by atoms with van der Waals surface area (Å²) in [5, 5.41) is 11.1. The zero-order valence-electron chi connectivity index (χ0n) is 6.74. The molecule has 3 nitrogen and oxygen atoms in total. The first kappa shape index (κ1) is 7.56. The predicted molar refractivity (Wildman–Crippen MR) is 48.7 cm³/mol. The molecule has 0 fully saturated rings. The molecule has 0 atom stereocenters. The van der Waals surface area contributed by atoms with Gasteiger partial charge >= 0.3 is 0 Å². The van der Waals surface area contributed by atoms with Crippen molar-refractivity contribution in [2.45, 2.75) is 0 Å². The monoisotopic (exact) mass is 170 g/mol. The number of carbonyl (C=O) groups is 1. The van der Waals surface area contributed by atoms with E-state index >= 15 is 0 Å². The highest BCUT2D eigenvalue weighted by molar-refractivity contribution is 6.31. The molecule has 13 heavy (non-hydrogen) atoms. The molecule has 2 rings (SSSR count). The summed E-state index contributed by atoms with van der Waals surface area (Å²) in [6.45, 7) is 0. The van der Waals surface area contributed by atoms with E-state index < -0.39 is 0 Å². The second-order valence-electron chi connectivity index (χ2n) is 2.69. The molecule has 62 valence electrons. The molecule has 1 amide bonds. The Balaban J connectivity index is 2.61. The molecule has 0 aliphatic carbocycles. The number of benzene rings is 1. The SMILES string of the molecule is N#CC=C1C(=O)Nc2ccccc21. The van der Waals surface area contributed by atoms with Crippen molar-refractivity contribution in [1.82, 2.24) is 0 Å². The van der Waals surface area contributed by atoms with Gasteiger partial charge in [-0.3, -0.25) is 4.79 Å². The van der Waals surface area contributed by atoms with Crippen molar-refractivity contribution in [3.05, 3.63) is 35.9 Å². The average molecular weight is 170 g/mol. The van der Waals surface area contributed by atoms with Crippen molar-refractivity contribution in [1.29, 1.82) is 5.26 Å². The van der Waals surface area contributed by atoms with Crippen LogP contribution >= 0.6 is 0 Å². The minimum Gasteiger partial charge on any atom is -0.321 e. The Kier molecular flexibility index (Phi) is 1.60. The van der Waals surface area contributed by atoms with Gasteiger partial charge in [-0.25, -0.2) is 0 Å². The quantitative estimate of drug-likeness (QED) is 0.474. The van der Waals surface area contributed by atoms with E-state index in [0.717, 1.165) is 11.3 Å². The van der Waals surface area contributed by atoms with E-state index in [9.17, 15) is 4.79 Å². The van der Waals surface area contributed by atoms with Crippen molar-refractivity contribution in [2.75, 3.05) is 5.32 Å². The van der Waals surface area contributed by atoms with Crippen molar-refractivity contribution < 1.29 is 4.79 Å². The van der Waals surface area contributed by atoms with E-state index in [1.54, 1.807) is 0 Å². The largest absolute Gasteiger partial charge is 0.321 e. The van der Waals surface area contributed by atoms with Crippen LogP contribution in [0.25, 0.3) is 5.57 Å². The third-order valence-electron chi connectivity index (χ3n) is 1.92. The van der Waals surface area contributed by atoms with Gasteiger partial charge in [0.2, 0.25) is 0 Å². The second kappa shape index (κ2) is 2.76. The number of rotatable bonds is 0.